The van der Waals surface area contributed by atoms with E-state index in [-0.39, 0.29) is 29.0 Å². The van der Waals surface area contributed by atoms with Crippen molar-refractivity contribution in [2.24, 2.45) is 11.7 Å². The number of hydrogen-bond donors (Lipinski definition) is 2. The molecule has 1 aromatic rings. The maximum absolute atomic E-state index is 12.4. The van der Waals surface area contributed by atoms with E-state index in [1.807, 2.05) is 6.07 Å². The Balaban J connectivity index is 2.16. The van der Waals surface area contributed by atoms with Gasteiger partial charge in [0.15, 0.2) is 0 Å². The second kappa shape index (κ2) is 6.98. The summed E-state index contributed by atoms with van der Waals surface area (Å²) in [5.74, 6) is 0.283. The molecule has 1 atom stereocenters. The predicted octanol–water partition coefficient (Wildman–Crippen LogP) is 1.14. The number of sulfonamides is 1. The number of pyridine rings is 1. The molecule has 1 saturated carbocycles. The smallest absolute Gasteiger partial charge is 0.242 e. The minimum Gasteiger partial charge on any atom is -0.329 e. The molecule has 7 heteroatoms. The molecule has 2 rings (SSSR count). The summed E-state index contributed by atoms with van der Waals surface area (Å²) in [4.78, 5) is 3.80. The Morgan fingerprint density at radius 1 is 1.38 bits per heavy atom. The van der Waals surface area contributed by atoms with E-state index in [0.717, 1.165) is 25.7 Å². The number of hydrogen-bond acceptors (Lipinski definition) is 5. The summed E-state index contributed by atoms with van der Waals surface area (Å²) in [7, 11) is -3.70. The normalized spacial score (nSPS) is 18.1. The van der Waals surface area contributed by atoms with Crippen LogP contribution in [0, 0.1) is 17.2 Å². The van der Waals surface area contributed by atoms with Gasteiger partial charge in [0, 0.05) is 25.0 Å². The minimum atomic E-state index is -3.70. The third-order valence-corrected chi connectivity index (χ3v) is 5.39. The monoisotopic (exact) mass is 308 g/mol. The summed E-state index contributed by atoms with van der Waals surface area (Å²) in [6.07, 6.45) is 8.03. The van der Waals surface area contributed by atoms with Crippen molar-refractivity contribution in [3.8, 4) is 6.07 Å². The third kappa shape index (κ3) is 4.00. The van der Waals surface area contributed by atoms with Crippen LogP contribution in [0.15, 0.2) is 23.4 Å². The van der Waals surface area contributed by atoms with E-state index in [1.165, 1.54) is 24.9 Å². The SMILES string of the molecule is N#Cc1cncc(S(=O)(=O)NC(CN)C2CCCCC2)c1. The lowest BCUT2D eigenvalue weighted by molar-refractivity contribution is 0.294. The van der Waals surface area contributed by atoms with Gasteiger partial charge >= 0.3 is 0 Å². The maximum atomic E-state index is 12.4. The van der Waals surface area contributed by atoms with E-state index < -0.39 is 10.0 Å². The maximum Gasteiger partial charge on any atom is 0.242 e. The van der Waals surface area contributed by atoms with Gasteiger partial charge in [-0.3, -0.25) is 4.98 Å². The van der Waals surface area contributed by atoms with Crippen LogP contribution in [0.2, 0.25) is 0 Å². The molecule has 21 heavy (non-hydrogen) atoms. The lowest BCUT2D eigenvalue weighted by atomic mass is 9.84. The number of nitriles is 1. The van der Waals surface area contributed by atoms with E-state index >= 15 is 0 Å². The highest BCUT2D eigenvalue weighted by Crippen LogP contribution is 2.27. The first-order valence-electron chi connectivity index (χ1n) is 7.14. The van der Waals surface area contributed by atoms with Gasteiger partial charge in [-0.25, -0.2) is 13.1 Å². The molecule has 1 aliphatic carbocycles. The van der Waals surface area contributed by atoms with Crippen LogP contribution < -0.4 is 10.5 Å². The summed E-state index contributed by atoms with van der Waals surface area (Å²) in [5, 5.41) is 8.83. The highest BCUT2D eigenvalue weighted by atomic mass is 32.2. The largest absolute Gasteiger partial charge is 0.329 e. The van der Waals surface area contributed by atoms with Crippen LogP contribution in [0.25, 0.3) is 0 Å². The predicted molar refractivity (Wildman–Crippen MR) is 78.7 cm³/mol. The summed E-state index contributed by atoms with van der Waals surface area (Å²) in [5.41, 5.74) is 5.97. The molecule has 1 heterocycles. The summed E-state index contributed by atoms with van der Waals surface area (Å²) < 4.78 is 27.5. The fraction of sp³-hybridized carbons (Fsp3) is 0.571. The number of aromatic nitrogens is 1. The molecule has 0 saturated heterocycles. The van der Waals surface area contributed by atoms with Gasteiger partial charge in [0.05, 0.1) is 5.56 Å². The van der Waals surface area contributed by atoms with Crippen molar-refractivity contribution in [2.45, 2.75) is 43.0 Å². The van der Waals surface area contributed by atoms with Crippen LogP contribution in [-0.4, -0.2) is 26.0 Å². The molecule has 1 fully saturated rings. The number of nitrogens with two attached hydrogens (primary N) is 1. The zero-order chi connectivity index (χ0) is 15.3. The molecular weight excluding hydrogens is 288 g/mol. The minimum absolute atomic E-state index is 0.0100. The second-order valence-corrected chi connectivity index (χ2v) is 7.10. The average molecular weight is 308 g/mol. The Labute approximate surface area is 125 Å². The standard InChI is InChI=1S/C14H20N4O2S/c15-7-11-6-13(10-17-9-11)21(19,20)18-14(8-16)12-4-2-1-3-5-12/h6,9-10,12,14,18H,1-5,8,16H2. The fourth-order valence-electron chi connectivity index (χ4n) is 2.77. The molecule has 0 aliphatic heterocycles. The molecule has 1 unspecified atom stereocenters. The van der Waals surface area contributed by atoms with Crippen LogP contribution in [0.1, 0.15) is 37.7 Å². The average Bonchev–Trinajstić information content (AvgIpc) is 2.53. The molecule has 0 bridgehead atoms. The van der Waals surface area contributed by atoms with Gasteiger partial charge in [-0.15, -0.1) is 0 Å². The van der Waals surface area contributed by atoms with Gasteiger partial charge in [0.2, 0.25) is 10.0 Å². The molecule has 114 valence electrons. The third-order valence-electron chi connectivity index (χ3n) is 3.93. The number of nitrogens with one attached hydrogen (secondary N) is 1. The van der Waals surface area contributed by atoms with Gasteiger partial charge < -0.3 is 5.73 Å². The summed E-state index contributed by atoms with van der Waals surface area (Å²) in [6.45, 7) is 0.273. The number of nitrogens with zero attached hydrogens (tertiary/aromatic N) is 2. The van der Waals surface area contributed by atoms with E-state index in [2.05, 4.69) is 9.71 Å². The van der Waals surface area contributed by atoms with E-state index in [4.69, 9.17) is 11.0 Å². The lowest BCUT2D eigenvalue weighted by Gasteiger charge is -2.29. The van der Waals surface area contributed by atoms with Gasteiger partial charge in [0.25, 0.3) is 0 Å². The van der Waals surface area contributed by atoms with E-state index in [9.17, 15) is 8.42 Å². The van der Waals surface area contributed by atoms with Gasteiger partial charge in [-0.05, 0) is 24.8 Å². The zero-order valence-electron chi connectivity index (χ0n) is 11.8. The Hall–Kier alpha value is -1.49. The van der Waals surface area contributed by atoms with Crippen LogP contribution in [0.4, 0.5) is 0 Å². The van der Waals surface area contributed by atoms with Crippen molar-refractivity contribution in [1.29, 1.82) is 5.26 Å². The molecule has 1 aromatic heterocycles. The Morgan fingerprint density at radius 3 is 2.71 bits per heavy atom. The lowest BCUT2D eigenvalue weighted by Crippen LogP contribution is -2.45. The molecule has 3 N–H and O–H groups in total. The van der Waals surface area contributed by atoms with Crippen LogP contribution in [-0.2, 0) is 10.0 Å². The van der Waals surface area contributed by atoms with Gasteiger partial charge in [-0.2, -0.15) is 5.26 Å². The van der Waals surface area contributed by atoms with Crippen molar-refractivity contribution in [2.75, 3.05) is 6.54 Å². The molecule has 0 radical (unpaired) electrons. The molecule has 6 nitrogen and oxygen atoms in total. The van der Waals surface area contributed by atoms with Crippen molar-refractivity contribution < 1.29 is 8.42 Å². The number of rotatable bonds is 5. The fourth-order valence-corrected chi connectivity index (χ4v) is 4.07. The molecular formula is C14H20N4O2S. The highest BCUT2D eigenvalue weighted by molar-refractivity contribution is 7.89. The molecule has 0 aromatic carbocycles. The second-order valence-electron chi connectivity index (χ2n) is 5.38. The van der Waals surface area contributed by atoms with Crippen LogP contribution in [0.5, 0.6) is 0 Å². The first kappa shape index (κ1) is 15.9. The Bertz CT molecular complexity index is 618. The van der Waals surface area contributed by atoms with Crippen molar-refractivity contribution in [3.05, 3.63) is 24.0 Å². The van der Waals surface area contributed by atoms with Crippen molar-refractivity contribution in [1.82, 2.24) is 9.71 Å². The zero-order valence-corrected chi connectivity index (χ0v) is 12.6. The van der Waals surface area contributed by atoms with Crippen molar-refractivity contribution in [3.63, 3.8) is 0 Å². The Morgan fingerprint density at radius 2 is 2.10 bits per heavy atom. The topological polar surface area (TPSA) is 109 Å². The Kier molecular flexibility index (Phi) is 5.28. The molecule has 1 aliphatic rings. The van der Waals surface area contributed by atoms with Gasteiger partial charge in [0.1, 0.15) is 11.0 Å². The first-order valence-corrected chi connectivity index (χ1v) is 8.62. The van der Waals surface area contributed by atoms with Crippen molar-refractivity contribution >= 4 is 10.0 Å². The molecule has 0 spiro atoms. The summed E-state index contributed by atoms with van der Waals surface area (Å²) in [6, 6.07) is 2.95. The van der Waals surface area contributed by atoms with Crippen LogP contribution >= 0.6 is 0 Å². The first-order chi connectivity index (χ1) is 10.1. The molecule has 0 amide bonds. The van der Waals surface area contributed by atoms with E-state index in [0.29, 0.717) is 0 Å². The van der Waals surface area contributed by atoms with Gasteiger partial charge in [-0.1, -0.05) is 19.3 Å². The van der Waals surface area contributed by atoms with E-state index in [1.54, 1.807) is 0 Å². The van der Waals surface area contributed by atoms with Crippen LogP contribution in [0.3, 0.4) is 0 Å². The highest BCUT2D eigenvalue weighted by Gasteiger charge is 2.27. The summed E-state index contributed by atoms with van der Waals surface area (Å²) >= 11 is 0. The quantitative estimate of drug-likeness (QED) is 0.847.